The molecular formula is C14H13N3OS. The monoisotopic (exact) mass is 271 g/mol. The number of hydrogen-bond acceptors (Lipinski definition) is 4. The van der Waals surface area contributed by atoms with Crippen LogP contribution in [0.4, 0.5) is 5.69 Å². The van der Waals surface area contributed by atoms with E-state index in [1.54, 1.807) is 12.3 Å². The molecule has 0 fully saturated rings. The predicted octanol–water partition coefficient (Wildman–Crippen LogP) is 2.01. The molecule has 4 nitrogen and oxygen atoms in total. The molecule has 2 aromatic heterocycles. The summed E-state index contributed by atoms with van der Waals surface area (Å²) in [5.74, 6) is 5.51. The molecular weight excluding hydrogens is 258 g/mol. The molecule has 0 aromatic carbocycles. The summed E-state index contributed by atoms with van der Waals surface area (Å²) in [7, 11) is 0. The molecule has 0 spiro atoms. The molecule has 3 N–H and O–H groups in total. The molecule has 2 rings (SSSR count). The molecule has 0 radical (unpaired) electrons. The van der Waals surface area contributed by atoms with E-state index in [2.05, 4.69) is 22.1 Å². The first kappa shape index (κ1) is 13.3. The third-order valence-corrected chi connectivity index (χ3v) is 3.31. The fourth-order valence-electron chi connectivity index (χ4n) is 1.40. The van der Waals surface area contributed by atoms with Crippen LogP contribution in [-0.4, -0.2) is 17.4 Å². The molecule has 5 heteroatoms. The van der Waals surface area contributed by atoms with Crippen molar-refractivity contribution in [3.8, 4) is 11.8 Å². The number of aromatic nitrogens is 1. The largest absolute Gasteiger partial charge is 0.320 e. The molecule has 2 heterocycles. The van der Waals surface area contributed by atoms with Crippen molar-refractivity contribution < 1.29 is 4.79 Å². The Morgan fingerprint density at radius 3 is 2.95 bits per heavy atom. The molecule has 1 amide bonds. The van der Waals surface area contributed by atoms with Crippen LogP contribution in [-0.2, 0) is 0 Å². The number of pyridine rings is 1. The lowest BCUT2D eigenvalue weighted by Crippen LogP contribution is -2.10. The van der Waals surface area contributed by atoms with Gasteiger partial charge in [0, 0.05) is 5.69 Å². The van der Waals surface area contributed by atoms with Gasteiger partial charge in [-0.25, -0.2) is 0 Å². The third kappa shape index (κ3) is 3.65. The lowest BCUT2D eigenvalue weighted by Gasteiger charge is -2.02. The summed E-state index contributed by atoms with van der Waals surface area (Å²) < 4.78 is 0. The van der Waals surface area contributed by atoms with Crippen molar-refractivity contribution in [3.63, 3.8) is 0 Å². The highest BCUT2D eigenvalue weighted by molar-refractivity contribution is 7.14. The second kappa shape index (κ2) is 6.14. The van der Waals surface area contributed by atoms with Crippen LogP contribution in [0, 0.1) is 18.8 Å². The Morgan fingerprint density at radius 1 is 1.42 bits per heavy atom. The van der Waals surface area contributed by atoms with E-state index in [4.69, 9.17) is 5.73 Å². The zero-order valence-corrected chi connectivity index (χ0v) is 11.3. The molecule has 0 unspecified atom stereocenters. The molecule has 0 saturated carbocycles. The minimum Gasteiger partial charge on any atom is -0.320 e. The number of nitrogens with two attached hydrogens (primary N) is 1. The van der Waals surface area contributed by atoms with Crippen LogP contribution in [0.1, 0.15) is 20.2 Å². The van der Waals surface area contributed by atoms with Gasteiger partial charge >= 0.3 is 0 Å². The first-order valence-electron chi connectivity index (χ1n) is 5.72. The van der Waals surface area contributed by atoms with E-state index in [0.717, 1.165) is 10.6 Å². The summed E-state index contributed by atoms with van der Waals surface area (Å²) in [6.45, 7) is 2.21. The Labute approximate surface area is 115 Å². The minimum atomic E-state index is -0.156. The lowest BCUT2D eigenvalue weighted by atomic mass is 10.3. The molecule has 0 bridgehead atoms. The van der Waals surface area contributed by atoms with Gasteiger partial charge in [0.1, 0.15) is 0 Å². The minimum absolute atomic E-state index is 0.156. The summed E-state index contributed by atoms with van der Waals surface area (Å²) in [4.78, 5) is 17.6. The van der Waals surface area contributed by atoms with Gasteiger partial charge in [-0.05, 0) is 31.2 Å². The van der Waals surface area contributed by atoms with Gasteiger partial charge < -0.3 is 11.1 Å². The second-order valence-electron chi connectivity index (χ2n) is 3.81. The Bertz CT molecular complexity index is 635. The molecule has 0 aliphatic heterocycles. The zero-order valence-electron chi connectivity index (χ0n) is 10.4. The first-order valence-corrected chi connectivity index (χ1v) is 6.53. The van der Waals surface area contributed by atoms with Gasteiger partial charge in [-0.3, -0.25) is 9.78 Å². The highest BCUT2D eigenvalue weighted by Crippen LogP contribution is 2.17. The molecule has 0 saturated heterocycles. The van der Waals surface area contributed by atoms with Crippen molar-refractivity contribution in [2.24, 2.45) is 5.73 Å². The maximum Gasteiger partial charge on any atom is 0.265 e. The van der Waals surface area contributed by atoms with Gasteiger partial charge in [-0.2, -0.15) is 0 Å². The number of nitrogens with one attached hydrogen (secondary N) is 1. The smallest absolute Gasteiger partial charge is 0.265 e. The van der Waals surface area contributed by atoms with Crippen LogP contribution in [0.2, 0.25) is 0 Å². The van der Waals surface area contributed by atoms with E-state index in [0.29, 0.717) is 17.1 Å². The van der Waals surface area contributed by atoms with Crippen LogP contribution >= 0.6 is 11.3 Å². The van der Waals surface area contributed by atoms with E-state index in [1.165, 1.54) is 11.3 Å². The van der Waals surface area contributed by atoms with Crippen molar-refractivity contribution in [3.05, 3.63) is 45.9 Å². The Kier molecular flexibility index (Phi) is 4.29. The summed E-state index contributed by atoms with van der Waals surface area (Å²) in [5, 5.41) is 2.79. The average molecular weight is 271 g/mol. The van der Waals surface area contributed by atoms with Crippen molar-refractivity contribution in [1.29, 1.82) is 0 Å². The van der Waals surface area contributed by atoms with Gasteiger partial charge in [0.2, 0.25) is 0 Å². The molecule has 0 aliphatic carbocycles. The number of aryl methyl sites for hydroxylation is 1. The van der Waals surface area contributed by atoms with Gasteiger partial charge in [0.05, 0.1) is 28.2 Å². The van der Waals surface area contributed by atoms with Crippen molar-refractivity contribution >= 4 is 22.9 Å². The molecule has 19 heavy (non-hydrogen) atoms. The number of hydrogen-bond donors (Lipinski definition) is 2. The number of carbonyl (C=O) groups excluding carboxylic acids is 1. The van der Waals surface area contributed by atoms with Gasteiger partial charge in [-0.15, -0.1) is 11.3 Å². The summed E-state index contributed by atoms with van der Waals surface area (Å²) in [6.07, 6.45) is 1.63. The normalized spacial score (nSPS) is 9.58. The fourth-order valence-corrected chi connectivity index (χ4v) is 2.18. The SMILES string of the molecule is Cc1ccc(NC(=O)c2ccc(C#CCN)s2)cn1. The number of carbonyl (C=O) groups is 1. The Balaban J connectivity index is 2.07. The Morgan fingerprint density at radius 2 is 2.26 bits per heavy atom. The highest BCUT2D eigenvalue weighted by atomic mass is 32.1. The van der Waals surface area contributed by atoms with E-state index in [1.807, 2.05) is 25.1 Å². The van der Waals surface area contributed by atoms with Crippen LogP contribution in [0.3, 0.4) is 0 Å². The van der Waals surface area contributed by atoms with Crippen molar-refractivity contribution in [2.75, 3.05) is 11.9 Å². The summed E-state index contributed by atoms with van der Waals surface area (Å²) in [6, 6.07) is 7.24. The number of nitrogens with zero attached hydrogens (tertiary/aromatic N) is 1. The van der Waals surface area contributed by atoms with Crippen LogP contribution < -0.4 is 11.1 Å². The summed E-state index contributed by atoms with van der Waals surface area (Å²) >= 11 is 1.34. The fraction of sp³-hybridized carbons (Fsp3) is 0.143. The maximum atomic E-state index is 12.0. The van der Waals surface area contributed by atoms with Crippen LogP contribution in [0.5, 0.6) is 0 Å². The standard InChI is InChI=1S/C14H13N3OS/c1-10-4-5-11(9-16-10)17-14(18)13-7-6-12(19-13)3-2-8-15/h4-7,9H,8,15H2,1H3,(H,17,18). The van der Waals surface area contributed by atoms with Crippen LogP contribution in [0.25, 0.3) is 0 Å². The third-order valence-electron chi connectivity index (χ3n) is 2.31. The number of rotatable bonds is 2. The molecule has 96 valence electrons. The topological polar surface area (TPSA) is 68.0 Å². The van der Waals surface area contributed by atoms with Gasteiger partial charge in [-0.1, -0.05) is 11.8 Å². The van der Waals surface area contributed by atoms with Gasteiger partial charge in [0.15, 0.2) is 0 Å². The average Bonchev–Trinajstić information content (AvgIpc) is 2.88. The Hall–Kier alpha value is -2.16. The van der Waals surface area contributed by atoms with E-state index in [9.17, 15) is 4.79 Å². The zero-order chi connectivity index (χ0) is 13.7. The highest BCUT2D eigenvalue weighted by Gasteiger charge is 2.08. The van der Waals surface area contributed by atoms with Gasteiger partial charge in [0.25, 0.3) is 5.91 Å². The van der Waals surface area contributed by atoms with Crippen molar-refractivity contribution in [2.45, 2.75) is 6.92 Å². The van der Waals surface area contributed by atoms with E-state index >= 15 is 0 Å². The molecule has 0 atom stereocenters. The number of anilines is 1. The number of thiophene rings is 1. The van der Waals surface area contributed by atoms with E-state index in [-0.39, 0.29) is 5.91 Å². The first-order chi connectivity index (χ1) is 9.19. The van der Waals surface area contributed by atoms with Crippen molar-refractivity contribution in [1.82, 2.24) is 4.98 Å². The molecule has 0 aliphatic rings. The quantitative estimate of drug-likeness (QED) is 0.821. The maximum absolute atomic E-state index is 12.0. The lowest BCUT2D eigenvalue weighted by molar-refractivity contribution is 0.103. The van der Waals surface area contributed by atoms with E-state index < -0.39 is 0 Å². The predicted molar refractivity (Wildman–Crippen MR) is 77.2 cm³/mol. The van der Waals surface area contributed by atoms with Crippen LogP contribution in [0.15, 0.2) is 30.5 Å². The summed E-state index contributed by atoms with van der Waals surface area (Å²) in [5.41, 5.74) is 6.89. The molecule has 2 aromatic rings. The number of amides is 1. The second-order valence-corrected chi connectivity index (χ2v) is 4.90.